The van der Waals surface area contributed by atoms with Crippen LogP contribution >= 0.6 is 0 Å². The lowest BCUT2D eigenvalue weighted by molar-refractivity contribution is -0.114. The lowest BCUT2D eigenvalue weighted by Gasteiger charge is -2.38. The summed E-state index contributed by atoms with van der Waals surface area (Å²) in [7, 11) is 0. The van der Waals surface area contributed by atoms with E-state index in [0.717, 1.165) is 30.6 Å². The van der Waals surface area contributed by atoms with E-state index in [2.05, 4.69) is 16.3 Å². The number of hydrogen-bond donors (Lipinski definition) is 1. The molecular formula is C14H16N2O. The Bertz CT molecular complexity index is 463. The molecule has 0 aliphatic carbocycles. The Morgan fingerprint density at radius 3 is 2.76 bits per heavy atom. The number of benzene rings is 1. The summed E-state index contributed by atoms with van der Waals surface area (Å²) >= 11 is 0. The fourth-order valence-corrected chi connectivity index (χ4v) is 2.65. The van der Waals surface area contributed by atoms with Gasteiger partial charge in [0.1, 0.15) is 0 Å². The molecule has 1 aromatic carbocycles. The minimum Gasteiger partial charge on any atom is -0.357 e. The van der Waals surface area contributed by atoms with Crippen molar-refractivity contribution in [3.8, 4) is 0 Å². The summed E-state index contributed by atoms with van der Waals surface area (Å²) in [5, 5.41) is 3.37. The number of fused-ring (bicyclic) bond motifs is 1. The second-order valence-electron chi connectivity index (χ2n) is 4.68. The van der Waals surface area contributed by atoms with E-state index in [1.54, 1.807) is 0 Å². The molecule has 0 bridgehead atoms. The van der Waals surface area contributed by atoms with Crippen LogP contribution in [-0.4, -0.2) is 29.9 Å². The Morgan fingerprint density at radius 1 is 1.24 bits per heavy atom. The van der Waals surface area contributed by atoms with Crippen LogP contribution in [-0.2, 0) is 4.79 Å². The molecule has 0 radical (unpaired) electrons. The molecule has 0 saturated carbocycles. The van der Waals surface area contributed by atoms with Gasteiger partial charge in [-0.3, -0.25) is 9.69 Å². The molecular weight excluding hydrogens is 212 g/mol. The molecule has 88 valence electrons. The van der Waals surface area contributed by atoms with Crippen LogP contribution < -0.4 is 5.32 Å². The van der Waals surface area contributed by atoms with Gasteiger partial charge in [-0.1, -0.05) is 24.3 Å². The normalized spacial score (nSPS) is 27.5. The topological polar surface area (TPSA) is 32.3 Å². The Morgan fingerprint density at radius 2 is 2.00 bits per heavy atom. The third-order valence-corrected chi connectivity index (χ3v) is 3.62. The van der Waals surface area contributed by atoms with Crippen LogP contribution in [0.1, 0.15) is 18.4 Å². The first-order valence-corrected chi connectivity index (χ1v) is 6.12. The molecule has 17 heavy (non-hydrogen) atoms. The molecule has 3 nitrogen and oxygen atoms in total. The highest BCUT2D eigenvalue weighted by atomic mass is 16.1. The number of nitrogens with one attached hydrogen (secondary N) is 1. The molecule has 1 unspecified atom stereocenters. The lowest BCUT2D eigenvalue weighted by atomic mass is 10.0. The molecule has 2 aliphatic rings. The van der Waals surface area contributed by atoms with Gasteiger partial charge in [-0.05, 0) is 30.5 Å². The highest BCUT2D eigenvalue weighted by Gasteiger charge is 2.37. The van der Waals surface area contributed by atoms with Crippen LogP contribution in [0.2, 0.25) is 0 Å². The van der Waals surface area contributed by atoms with E-state index in [-0.39, 0.29) is 0 Å². The first kappa shape index (κ1) is 10.5. The maximum Gasteiger partial charge on any atom is 0.168 e. The van der Waals surface area contributed by atoms with Crippen LogP contribution in [0.25, 0.3) is 6.08 Å². The minimum atomic E-state index is -0.634. The molecule has 0 aromatic heterocycles. The fraction of sp³-hybridized carbons (Fsp3) is 0.357. The number of carbonyl (C=O) groups is 1. The summed E-state index contributed by atoms with van der Waals surface area (Å²) in [5.41, 5.74) is 1.54. The number of nitrogens with zero attached hydrogens (tertiary/aromatic N) is 1. The molecule has 1 N–H and O–H groups in total. The SMILES string of the molecule is O=CC1(N2CCCC2)C=Cc2ccccc2N1. The molecule has 0 spiro atoms. The van der Waals surface area contributed by atoms with Gasteiger partial charge >= 0.3 is 0 Å². The Labute approximate surface area is 101 Å². The molecule has 0 amide bonds. The van der Waals surface area contributed by atoms with E-state index in [9.17, 15) is 4.79 Å². The predicted molar refractivity (Wildman–Crippen MR) is 68.7 cm³/mol. The van der Waals surface area contributed by atoms with Crippen molar-refractivity contribution in [2.24, 2.45) is 0 Å². The molecule has 1 atom stereocenters. The number of anilines is 1. The van der Waals surface area contributed by atoms with Crippen molar-refractivity contribution in [3.63, 3.8) is 0 Å². The smallest absolute Gasteiger partial charge is 0.168 e. The molecule has 2 aliphatic heterocycles. The summed E-state index contributed by atoms with van der Waals surface area (Å²) < 4.78 is 0. The molecule has 2 heterocycles. The first-order chi connectivity index (χ1) is 8.34. The maximum absolute atomic E-state index is 11.5. The number of aldehydes is 1. The van der Waals surface area contributed by atoms with Crippen molar-refractivity contribution in [1.29, 1.82) is 0 Å². The Hall–Kier alpha value is -1.61. The van der Waals surface area contributed by atoms with Crippen molar-refractivity contribution in [2.45, 2.75) is 18.5 Å². The molecule has 3 rings (SSSR count). The van der Waals surface area contributed by atoms with Gasteiger partial charge in [0.2, 0.25) is 0 Å². The van der Waals surface area contributed by atoms with Gasteiger partial charge in [-0.2, -0.15) is 0 Å². The fourth-order valence-electron chi connectivity index (χ4n) is 2.65. The van der Waals surface area contributed by atoms with E-state index < -0.39 is 5.66 Å². The standard InChI is InChI=1S/C14H16N2O/c17-11-14(16-9-3-4-10-16)8-7-12-5-1-2-6-13(12)15-14/h1-2,5-8,11,15H,3-4,9-10H2. The summed E-state index contributed by atoms with van der Waals surface area (Å²) in [6, 6.07) is 8.07. The van der Waals surface area contributed by atoms with Crippen molar-refractivity contribution >= 4 is 18.0 Å². The zero-order valence-corrected chi connectivity index (χ0v) is 9.73. The average Bonchev–Trinajstić information content (AvgIpc) is 2.92. The molecule has 1 aromatic rings. The van der Waals surface area contributed by atoms with Crippen LogP contribution in [0, 0.1) is 0 Å². The molecule has 3 heteroatoms. The van der Waals surface area contributed by atoms with Gasteiger partial charge in [-0.25, -0.2) is 0 Å². The van der Waals surface area contributed by atoms with Crippen LogP contribution in [0.3, 0.4) is 0 Å². The summed E-state index contributed by atoms with van der Waals surface area (Å²) in [6.45, 7) is 1.97. The number of para-hydroxylation sites is 1. The van der Waals surface area contributed by atoms with E-state index in [4.69, 9.17) is 0 Å². The zero-order chi connectivity index (χ0) is 11.7. The number of hydrogen-bond acceptors (Lipinski definition) is 3. The summed E-state index contributed by atoms with van der Waals surface area (Å²) in [6.07, 6.45) is 7.39. The number of likely N-dealkylation sites (tertiary alicyclic amines) is 1. The summed E-state index contributed by atoms with van der Waals surface area (Å²) in [5.74, 6) is 0. The first-order valence-electron chi connectivity index (χ1n) is 6.12. The monoisotopic (exact) mass is 228 g/mol. The number of carbonyl (C=O) groups excluding carboxylic acids is 1. The van der Waals surface area contributed by atoms with Gasteiger partial charge < -0.3 is 5.32 Å². The molecule has 1 fully saturated rings. The predicted octanol–water partition coefficient (Wildman–Crippen LogP) is 2.12. The van der Waals surface area contributed by atoms with Gasteiger partial charge in [0.15, 0.2) is 11.9 Å². The van der Waals surface area contributed by atoms with Crippen molar-refractivity contribution in [1.82, 2.24) is 4.90 Å². The quantitative estimate of drug-likeness (QED) is 0.787. The second kappa shape index (κ2) is 4.00. The average molecular weight is 228 g/mol. The number of rotatable bonds is 2. The van der Waals surface area contributed by atoms with Crippen LogP contribution in [0.15, 0.2) is 30.3 Å². The largest absolute Gasteiger partial charge is 0.357 e. The van der Waals surface area contributed by atoms with E-state index in [0.29, 0.717) is 0 Å². The van der Waals surface area contributed by atoms with Gasteiger partial charge in [-0.15, -0.1) is 0 Å². The van der Waals surface area contributed by atoms with Crippen molar-refractivity contribution in [3.05, 3.63) is 35.9 Å². The molecule has 1 saturated heterocycles. The summed E-state index contributed by atoms with van der Waals surface area (Å²) in [4.78, 5) is 13.7. The Balaban J connectivity index is 1.97. The third-order valence-electron chi connectivity index (χ3n) is 3.62. The van der Waals surface area contributed by atoms with E-state index in [1.165, 1.54) is 12.8 Å². The maximum atomic E-state index is 11.5. The van der Waals surface area contributed by atoms with Gasteiger partial charge in [0.05, 0.1) is 0 Å². The van der Waals surface area contributed by atoms with E-state index >= 15 is 0 Å². The van der Waals surface area contributed by atoms with Crippen molar-refractivity contribution < 1.29 is 4.79 Å². The van der Waals surface area contributed by atoms with Crippen LogP contribution in [0.5, 0.6) is 0 Å². The van der Waals surface area contributed by atoms with Gasteiger partial charge in [0, 0.05) is 18.8 Å². The van der Waals surface area contributed by atoms with Crippen molar-refractivity contribution in [2.75, 3.05) is 18.4 Å². The van der Waals surface area contributed by atoms with E-state index in [1.807, 2.05) is 30.4 Å². The minimum absolute atomic E-state index is 0.634. The second-order valence-corrected chi connectivity index (χ2v) is 4.68. The lowest BCUT2D eigenvalue weighted by Crippen LogP contribution is -2.54. The Kier molecular flexibility index (Phi) is 2.48. The van der Waals surface area contributed by atoms with Crippen LogP contribution in [0.4, 0.5) is 5.69 Å². The van der Waals surface area contributed by atoms with Gasteiger partial charge in [0.25, 0.3) is 0 Å². The third kappa shape index (κ3) is 1.67. The highest BCUT2D eigenvalue weighted by molar-refractivity contribution is 5.83. The highest BCUT2D eigenvalue weighted by Crippen LogP contribution is 2.31. The zero-order valence-electron chi connectivity index (χ0n) is 9.73.